The normalized spacial score (nSPS) is 17.6. The van der Waals surface area contributed by atoms with Crippen molar-refractivity contribution in [3.63, 3.8) is 0 Å². The number of hydrogen-bond acceptors (Lipinski definition) is 2. The fourth-order valence-electron chi connectivity index (χ4n) is 2.07. The third kappa shape index (κ3) is 2.20. The minimum Gasteiger partial charge on any atom is -0.377 e. The van der Waals surface area contributed by atoms with Gasteiger partial charge in [-0.05, 0) is 29.8 Å². The molecule has 4 heteroatoms. The number of benzene rings is 2. The van der Waals surface area contributed by atoms with E-state index >= 15 is 0 Å². The maximum Gasteiger partial charge on any atom is 0.143 e. The van der Waals surface area contributed by atoms with Crippen molar-refractivity contribution in [3.8, 4) is 0 Å². The van der Waals surface area contributed by atoms with Crippen LogP contribution >= 0.6 is 23.4 Å². The van der Waals surface area contributed by atoms with E-state index in [-0.39, 0.29) is 16.9 Å². The van der Waals surface area contributed by atoms with Crippen LogP contribution < -0.4 is 5.32 Å². The van der Waals surface area contributed by atoms with E-state index in [0.29, 0.717) is 0 Å². The summed E-state index contributed by atoms with van der Waals surface area (Å²) in [6.07, 6.45) is 0. The molecule has 1 aliphatic rings. The van der Waals surface area contributed by atoms with Gasteiger partial charge in [0.2, 0.25) is 0 Å². The second-order valence-electron chi connectivity index (χ2n) is 4.17. The topological polar surface area (TPSA) is 12.0 Å². The van der Waals surface area contributed by atoms with Gasteiger partial charge in [0.25, 0.3) is 0 Å². The predicted octanol–water partition coefficient (Wildman–Crippen LogP) is 4.74. The van der Waals surface area contributed by atoms with Crippen LogP contribution in [0.25, 0.3) is 0 Å². The van der Waals surface area contributed by atoms with Crippen molar-refractivity contribution in [1.82, 2.24) is 0 Å². The summed E-state index contributed by atoms with van der Waals surface area (Å²) in [5.74, 6) is 0.574. The summed E-state index contributed by atoms with van der Waals surface area (Å²) < 4.78 is 13.4. The molecule has 3 rings (SSSR count). The first-order chi connectivity index (χ1) is 8.74. The van der Waals surface area contributed by atoms with Crippen molar-refractivity contribution in [2.75, 3.05) is 11.1 Å². The molecule has 0 saturated heterocycles. The van der Waals surface area contributed by atoms with Crippen molar-refractivity contribution in [1.29, 1.82) is 0 Å². The summed E-state index contributed by atoms with van der Waals surface area (Å²) >= 11 is 7.49. The Labute approximate surface area is 114 Å². The zero-order chi connectivity index (χ0) is 12.5. The van der Waals surface area contributed by atoms with Crippen LogP contribution in [0.1, 0.15) is 11.6 Å². The third-order valence-electron chi connectivity index (χ3n) is 2.96. The van der Waals surface area contributed by atoms with Crippen LogP contribution in [-0.2, 0) is 0 Å². The average molecular weight is 280 g/mol. The minimum absolute atomic E-state index is 0.154. The molecule has 92 valence electrons. The molecule has 2 aromatic carbocycles. The lowest BCUT2D eigenvalue weighted by molar-refractivity contribution is 0.628. The van der Waals surface area contributed by atoms with Crippen molar-refractivity contribution in [2.45, 2.75) is 10.9 Å². The van der Waals surface area contributed by atoms with Gasteiger partial charge in [0.05, 0.1) is 11.1 Å². The summed E-state index contributed by atoms with van der Waals surface area (Å²) in [4.78, 5) is 1.30. The Morgan fingerprint density at radius 2 is 2.06 bits per heavy atom. The van der Waals surface area contributed by atoms with Crippen LogP contribution in [0, 0.1) is 5.82 Å². The quantitative estimate of drug-likeness (QED) is 0.852. The van der Waals surface area contributed by atoms with Gasteiger partial charge >= 0.3 is 0 Å². The van der Waals surface area contributed by atoms with Crippen LogP contribution in [0.3, 0.4) is 0 Å². The number of hydrogen-bond donors (Lipinski definition) is 1. The number of thioether (sulfide) groups is 1. The predicted molar refractivity (Wildman–Crippen MR) is 74.9 cm³/mol. The van der Waals surface area contributed by atoms with Crippen molar-refractivity contribution >= 4 is 29.1 Å². The van der Waals surface area contributed by atoms with Gasteiger partial charge in [0.1, 0.15) is 5.82 Å². The molecule has 1 heterocycles. The van der Waals surface area contributed by atoms with Gasteiger partial charge in [-0.1, -0.05) is 29.8 Å². The molecular weight excluding hydrogens is 269 g/mol. The molecule has 1 atom stereocenters. The molecule has 0 bridgehead atoms. The molecule has 18 heavy (non-hydrogen) atoms. The molecule has 1 unspecified atom stereocenters. The molecular formula is C14H11ClFNS. The first-order valence-electron chi connectivity index (χ1n) is 5.67. The summed E-state index contributed by atoms with van der Waals surface area (Å²) in [7, 11) is 0. The molecule has 0 spiro atoms. The van der Waals surface area contributed by atoms with E-state index in [1.54, 1.807) is 12.1 Å². The lowest BCUT2D eigenvalue weighted by atomic mass is 10.1. The van der Waals surface area contributed by atoms with Crippen LogP contribution in [-0.4, -0.2) is 5.75 Å². The molecule has 0 fully saturated rings. The molecule has 0 aromatic heterocycles. The van der Waals surface area contributed by atoms with E-state index in [9.17, 15) is 4.39 Å². The molecule has 2 aromatic rings. The van der Waals surface area contributed by atoms with E-state index in [1.165, 1.54) is 16.5 Å². The fraction of sp³-hybridized carbons (Fsp3) is 0.143. The number of anilines is 1. The van der Waals surface area contributed by atoms with E-state index in [1.807, 2.05) is 23.9 Å². The molecule has 1 N–H and O–H groups in total. The van der Waals surface area contributed by atoms with Gasteiger partial charge in [0.15, 0.2) is 0 Å². The third-order valence-corrected chi connectivity index (χ3v) is 4.45. The second-order valence-corrected chi connectivity index (χ2v) is 5.64. The largest absolute Gasteiger partial charge is 0.377 e. The zero-order valence-electron chi connectivity index (χ0n) is 9.49. The van der Waals surface area contributed by atoms with Gasteiger partial charge in [-0.25, -0.2) is 4.39 Å². The Balaban J connectivity index is 1.84. The van der Waals surface area contributed by atoms with E-state index in [4.69, 9.17) is 11.6 Å². The zero-order valence-corrected chi connectivity index (χ0v) is 11.1. The summed E-state index contributed by atoms with van der Waals surface area (Å²) in [5.41, 5.74) is 2.04. The van der Waals surface area contributed by atoms with E-state index in [2.05, 4.69) is 17.4 Å². The molecule has 0 aliphatic carbocycles. The molecule has 0 radical (unpaired) electrons. The highest BCUT2D eigenvalue weighted by Crippen LogP contribution is 2.39. The number of halogens is 2. The summed E-state index contributed by atoms with van der Waals surface area (Å²) in [5, 5.41) is 3.50. The minimum atomic E-state index is -0.388. The Hall–Kier alpha value is -1.19. The van der Waals surface area contributed by atoms with Crippen molar-refractivity contribution < 1.29 is 4.39 Å². The van der Waals surface area contributed by atoms with Crippen LogP contribution in [0.5, 0.6) is 0 Å². The van der Waals surface area contributed by atoms with Crippen LogP contribution in [0.4, 0.5) is 10.1 Å². The van der Waals surface area contributed by atoms with E-state index in [0.717, 1.165) is 11.4 Å². The highest BCUT2D eigenvalue weighted by atomic mass is 35.5. The first-order valence-corrected chi connectivity index (χ1v) is 7.04. The maximum atomic E-state index is 13.4. The monoisotopic (exact) mass is 279 g/mol. The van der Waals surface area contributed by atoms with Crippen molar-refractivity contribution in [3.05, 3.63) is 58.9 Å². The Kier molecular flexibility index (Phi) is 3.18. The number of rotatable bonds is 2. The van der Waals surface area contributed by atoms with Crippen LogP contribution in [0.2, 0.25) is 5.02 Å². The van der Waals surface area contributed by atoms with E-state index < -0.39 is 0 Å². The number of nitrogens with one attached hydrogen (secondary N) is 1. The van der Waals surface area contributed by atoms with Gasteiger partial charge in [0, 0.05) is 16.3 Å². The van der Waals surface area contributed by atoms with Gasteiger partial charge < -0.3 is 5.32 Å². The lowest BCUT2D eigenvalue weighted by Gasteiger charge is -2.15. The Bertz CT molecular complexity index is 588. The second kappa shape index (κ2) is 4.82. The molecule has 0 amide bonds. The van der Waals surface area contributed by atoms with Crippen LogP contribution in [0.15, 0.2) is 47.4 Å². The van der Waals surface area contributed by atoms with Gasteiger partial charge in [-0.2, -0.15) is 0 Å². The molecule has 1 nitrogen and oxygen atoms in total. The molecule has 1 aliphatic heterocycles. The summed E-state index contributed by atoms with van der Waals surface area (Å²) in [6.45, 7) is 0. The van der Waals surface area contributed by atoms with Gasteiger partial charge in [-0.15, -0.1) is 11.8 Å². The number of fused-ring (bicyclic) bond motifs is 1. The Morgan fingerprint density at radius 1 is 1.22 bits per heavy atom. The maximum absolute atomic E-state index is 13.4. The smallest absolute Gasteiger partial charge is 0.143 e. The standard InChI is InChI=1S/C14H11ClFNS/c15-11-6-5-9(7-12(11)16)17-13-8-18-14-4-2-1-3-10(13)14/h1-7,13,17H,8H2. The summed E-state index contributed by atoms with van der Waals surface area (Å²) in [6, 6.07) is 13.3. The average Bonchev–Trinajstić information content (AvgIpc) is 2.78. The lowest BCUT2D eigenvalue weighted by Crippen LogP contribution is -2.09. The Morgan fingerprint density at radius 3 is 2.89 bits per heavy atom. The fourth-order valence-corrected chi connectivity index (χ4v) is 3.35. The highest BCUT2D eigenvalue weighted by molar-refractivity contribution is 7.99. The molecule has 0 saturated carbocycles. The highest BCUT2D eigenvalue weighted by Gasteiger charge is 2.22. The van der Waals surface area contributed by atoms with Crippen molar-refractivity contribution in [2.24, 2.45) is 0 Å². The first kappa shape index (κ1) is 11.9. The SMILES string of the molecule is Fc1cc(NC2CSc3ccccc32)ccc1Cl. The van der Waals surface area contributed by atoms with Gasteiger partial charge in [-0.3, -0.25) is 0 Å².